The van der Waals surface area contributed by atoms with Crippen molar-refractivity contribution in [3.8, 4) is 33.4 Å². The zero-order chi connectivity index (χ0) is 22.5. The Morgan fingerprint density at radius 1 is 1.06 bits per heavy atom. The van der Waals surface area contributed by atoms with Gasteiger partial charge in [-0.3, -0.25) is 4.79 Å². The summed E-state index contributed by atoms with van der Waals surface area (Å²) in [5.74, 6) is 1.41. The Labute approximate surface area is 187 Å². The van der Waals surface area contributed by atoms with Crippen LogP contribution in [-0.4, -0.2) is 39.4 Å². The number of hydrogen-bond donors (Lipinski definition) is 1. The Balaban J connectivity index is 1.36. The third kappa shape index (κ3) is 5.11. The number of ether oxygens (including phenoxy) is 4. The summed E-state index contributed by atoms with van der Waals surface area (Å²) in [6.45, 7) is -1.55. The molecule has 32 heavy (non-hydrogen) atoms. The molecule has 0 unspecified atom stereocenters. The van der Waals surface area contributed by atoms with Crippen molar-refractivity contribution < 1.29 is 32.5 Å². The lowest BCUT2D eigenvalue weighted by Crippen LogP contribution is -2.24. The number of amides is 1. The third-order valence-corrected chi connectivity index (χ3v) is 5.93. The number of rotatable bonds is 8. The van der Waals surface area contributed by atoms with Crippen LogP contribution in [-0.2, 0) is 6.42 Å². The molecule has 3 aromatic rings. The highest BCUT2D eigenvalue weighted by molar-refractivity contribution is 7.17. The van der Waals surface area contributed by atoms with E-state index >= 15 is 0 Å². The molecule has 168 valence electrons. The zero-order valence-corrected chi connectivity index (χ0v) is 18.0. The monoisotopic (exact) mass is 461 g/mol. The van der Waals surface area contributed by atoms with E-state index in [1.165, 1.54) is 24.5 Å². The quantitative estimate of drug-likeness (QED) is 0.524. The van der Waals surface area contributed by atoms with Crippen LogP contribution < -0.4 is 24.3 Å². The summed E-state index contributed by atoms with van der Waals surface area (Å²) < 4.78 is 45.8. The van der Waals surface area contributed by atoms with E-state index in [9.17, 15) is 13.6 Å². The van der Waals surface area contributed by atoms with Gasteiger partial charge in [0.25, 0.3) is 5.91 Å². The van der Waals surface area contributed by atoms with Gasteiger partial charge in [0.1, 0.15) is 13.2 Å². The second kappa shape index (κ2) is 9.86. The molecule has 0 spiro atoms. The minimum atomic E-state index is -2.94. The molecule has 6 nitrogen and oxygen atoms in total. The van der Waals surface area contributed by atoms with Gasteiger partial charge in [-0.2, -0.15) is 8.78 Å². The number of alkyl halides is 2. The van der Waals surface area contributed by atoms with Crippen LogP contribution in [0.1, 0.15) is 15.2 Å². The first-order valence-corrected chi connectivity index (χ1v) is 10.7. The van der Waals surface area contributed by atoms with Gasteiger partial charge in [-0.1, -0.05) is 6.07 Å². The van der Waals surface area contributed by atoms with Crippen molar-refractivity contribution in [1.29, 1.82) is 0 Å². The molecule has 0 fully saturated rings. The number of hydrogen-bond acceptors (Lipinski definition) is 6. The highest BCUT2D eigenvalue weighted by Crippen LogP contribution is 2.37. The topological polar surface area (TPSA) is 66.0 Å². The van der Waals surface area contributed by atoms with Crippen molar-refractivity contribution >= 4 is 17.2 Å². The smallest absolute Gasteiger partial charge is 0.387 e. The molecule has 0 aliphatic carbocycles. The lowest BCUT2D eigenvalue weighted by molar-refractivity contribution is -0.0512. The average Bonchev–Trinajstić information content (AvgIpc) is 3.29. The molecule has 0 radical (unpaired) electrons. The molecule has 0 saturated heterocycles. The Morgan fingerprint density at radius 2 is 1.88 bits per heavy atom. The molecule has 4 rings (SSSR count). The molecule has 0 atom stereocenters. The number of carbonyl (C=O) groups is 1. The average molecular weight is 461 g/mol. The van der Waals surface area contributed by atoms with Gasteiger partial charge in [0.15, 0.2) is 23.0 Å². The highest BCUT2D eigenvalue weighted by atomic mass is 32.1. The summed E-state index contributed by atoms with van der Waals surface area (Å²) in [4.78, 5) is 14.1. The van der Waals surface area contributed by atoms with E-state index < -0.39 is 6.61 Å². The Hall–Kier alpha value is -3.33. The number of thiophene rings is 1. The number of nitrogens with one attached hydrogen (secondary N) is 1. The van der Waals surface area contributed by atoms with Crippen LogP contribution in [0.2, 0.25) is 0 Å². The molecule has 1 aliphatic rings. The second-order valence-corrected chi connectivity index (χ2v) is 7.98. The Bertz CT molecular complexity index is 1100. The molecular formula is C23H21F2NO5S. The first-order valence-electron chi connectivity index (χ1n) is 9.93. The molecule has 2 heterocycles. The summed E-state index contributed by atoms with van der Waals surface area (Å²) >= 11 is 1.38. The van der Waals surface area contributed by atoms with Crippen LogP contribution in [0.15, 0.2) is 48.5 Å². The standard InChI is InChI=1S/C23H21F2NO5S/c1-28-16-4-2-14(12-19(16)31-23(24)25)8-9-26-22(27)21-7-6-20(32-21)15-3-5-17-18(13-15)30-11-10-29-17/h2-7,12-13,23H,8-11H2,1H3,(H,26,27). The largest absolute Gasteiger partial charge is 0.493 e. The van der Waals surface area contributed by atoms with Crippen LogP contribution in [0.3, 0.4) is 0 Å². The summed E-state index contributed by atoms with van der Waals surface area (Å²) in [7, 11) is 1.38. The van der Waals surface area contributed by atoms with Gasteiger partial charge in [0.05, 0.1) is 12.0 Å². The van der Waals surface area contributed by atoms with E-state index in [0.29, 0.717) is 36.8 Å². The predicted molar refractivity (Wildman–Crippen MR) is 116 cm³/mol. The van der Waals surface area contributed by atoms with E-state index in [1.807, 2.05) is 24.3 Å². The fourth-order valence-electron chi connectivity index (χ4n) is 3.28. The predicted octanol–water partition coefficient (Wildman–Crippen LogP) is 4.77. The van der Waals surface area contributed by atoms with E-state index in [-0.39, 0.29) is 17.4 Å². The van der Waals surface area contributed by atoms with Crippen molar-refractivity contribution in [2.45, 2.75) is 13.0 Å². The van der Waals surface area contributed by atoms with Gasteiger partial charge in [0.2, 0.25) is 0 Å². The fourth-order valence-corrected chi connectivity index (χ4v) is 4.20. The van der Waals surface area contributed by atoms with Crippen LogP contribution >= 0.6 is 11.3 Å². The van der Waals surface area contributed by atoms with E-state index in [0.717, 1.165) is 21.8 Å². The Kier molecular flexibility index (Phi) is 6.75. The maximum absolute atomic E-state index is 12.6. The zero-order valence-electron chi connectivity index (χ0n) is 17.2. The van der Waals surface area contributed by atoms with Gasteiger partial charge >= 0.3 is 6.61 Å². The molecule has 1 N–H and O–H groups in total. The lowest BCUT2D eigenvalue weighted by atomic mass is 10.1. The van der Waals surface area contributed by atoms with Gasteiger partial charge in [-0.25, -0.2) is 0 Å². The van der Waals surface area contributed by atoms with Crippen molar-refractivity contribution in [2.24, 2.45) is 0 Å². The molecule has 0 bridgehead atoms. The molecule has 9 heteroatoms. The Morgan fingerprint density at radius 3 is 2.66 bits per heavy atom. The molecule has 1 aromatic heterocycles. The van der Waals surface area contributed by atoms with Crippen LogP contribution in [0.5, 0.6) is 23.0 Å². The summed E-state index contributed by atoms with van der Waals surface area (Å²) in [5, 5.41) is 2.86. The number of benzene rings is 2. The maximum atomic E-state index is 12.6. The van der Waals surface area contributed by atoms with Crippen LogP contribution in [0, 0.1) is 0 Å². The van der Waals surface area contributed by atoms with E-state index in [1.54, 1.807) is 18.2 Å². The van der Waals surface area contributed by atoms with E-state index in [4.69, 9.17) is 14.2 Å². The number of methoxy groups -OCH3 is 1. The van der Waals surface area contributed by atoms with Crippen molar-refractivity contribution in [1.82, 2.24) is 5.32 Å². The third-order valence-electron chi connectivity index (χ3n) is 4.80. The van der Waals surface area contributed by atoms with Gasteiger partial charge < -0.3 is 24.3 Å². The first-order chi connectivity index (χ1) is 15.5. The normalized spacial score (nSPS) is 12.5. The SMILES string of the molecule is COc1ccc(CCNC(=O)c2ccc(-c3ccc4c(c3)OCCO4)s2)cc1OC(F)F. The summed E-state index contributed by atoms with van der Waals surface area (Å²) in [6, 6.07) is 14.2. The molecule has 1 amide bonds. The maximum Gasteiger partial charge on any atom is 0.387 e. The van der Waals surface area contributed by atoms with Crippen LogP contribution in [0.25, 0.3) is 10.4 Å². The minimum absolute atomic E-state index is 0.0337. The van der Waals surface area contributed by atoms with E-state index in [2.05, 4.69) is 10.1 Å². The fraction of sp³-hybridized carbons (Fsp3) is 0.261. The minimum Gasteiger partial charge on any atom is -0.493 e. The molecule has 2 aromatic carbocycles. The lowest BCUT2D eigenvalue weighted by Gasteiger charge is -2.18. The number of halogens is 2. The molecule has 1 aliphatic heterocycles. The number of carbonyl (C=O) groups excluding carboxylic acids is 1. The first kappa shape index (κ1) is 21.9. The molecule has 0 saturated carbocycles. The summed E-state index contributed by atoms with van der Waals surface area (Å²) in [5.41, 5.74) is 1.69. The van der Waals surface area contributed by atoms with Crippen LogP contribution in [0.4, 0.5) is 8.78 Å². The van der Waals surface area contributed by atoms with Gasteiger partial charge in [0, 0.05) is 11.4 Å². The highest BCUT2D eigenvalue weighted by Gasteiger charge is 2.15. The van der Waals surface area contributed by atoms with Crippen molar-refractivity contribution in [2.75, 3.05) is 26.9 Å². The summed E-state index contributed by atoms with van der Waals surface area (Å²) in [6.07, 6.45) is 0.454. The van der Waals surface area contributed by atoms with Crippen molar-refractivity contribution in [3.05, 3.63) is 59.0 Å². The van der Waals surface area contributed by atoms with Gasteiger partial charge in [-0.15, -0.1) is 11.3 Å². The second-order valence-electron chi connectivity index (χ2n) is 6.89. The van der Waals surface area contributed by atoms with Gasteiger partial charge in [-0.05, 0) is 60.0 Å². The number of fused-ring (bicyclic) bond motifs is 1. The van der Waals surface area contributed by atoms with Crippen molar-refractivity contribution in [3.63, 3.8) is 0 Å². The molecular weight excluding hydrogens is 440 g/mol.